The van der Waals surface area contributed by atoms with E-state index in [2.05, 4.69) is 40.4 Å². The Hall–Kier alpha value is -2.88. The molecule has 0 atom stereocenters. The van der Waals surface area contributed by atoms with Crippen molar-refractivity contribution in [2.24, 2.45) is 0 Å². The number of carbonyl (C=O) groups excluding carboxylic acids is 1. The van der Waals surface area contributed by atoms with Crippen LogP contribution in [0.5, 0.6) is 0 Å². The van der Waals surface area contributed by atoms with Crippen molar-refractivity contribution in [3.05, 3.63) is 65.2 Å². The summed E-state index contributed by atoms with van der Waals surface area (Å²) >= 11 is 0. The van der Waals surface area contributed by atoms with Gasteiger partial charge in [0.2, 0.25) is 0 Å². The molecule has 1 aliphatic rings. The fraction of sp³-hybridized carbons (Fsp3) is 0.304. The zero-order valence-electron chi connectivity index (χ0n) is 15.7. The van der Waals surface area contributed by atoms with Gasteiger partial charge in [0.25, 0.3) is 5.91 Å². The van der Waals surface area contributed by atoms with Crippen molar-refractivity contribution < 1.29 is 4.79 Å². The zero-order chi connectivity index (χ0) is 18.6. The summed E-state index contributed by atoms with van der Waals surface area (Å²) in [7, 11) is 0. The molecule has 4 heteroatoms. The first kappa shape index (κ1) is 17.5. The number of nitrogens with zero attached hydrogens (tertiary/aromatic N) is 1. The third-order valence-corrected chi connectivity index (χ3v) is 5.17. The summed E-state index contributed by atoms with van der Waals surface area (Å²) in [6.07, 6.45) is 8.24. The van der Waals surface area contributed by atoms with Crippen LogP contribution in [-0.4, -0.2) is 22.4 Å². The average molecular weight is 359 g/mol. The number of aromatic amines is 1. The lowest BCUT2D eigenvalue weighted by molar-refractivity contribution is 0.0954. The summed E-state index contributed by atoms with van der Waals surface area (Å²) in [6, 6.07) is 13.8. The lowest BCUT2D eigenvalue weighted by atomic mass is 9.97. The van der Waals surface area contributed by atoms with Crippen molar-refractivity contribution in [2.45, 2.75) is 39.0 Å². The number of nitrogens with one attached hydrogen (secondary N) is 2. The monoisotopic (exact) mass is 359 g/mol. The van der Waals surface area contributed by atoms with Gasteiger partial charge in [-0.15, -0.1) is 0 Å². The van der Waals surface area contributed by atoms with Crippen LogP contribution in [0.15, 0.2) is 54.1 Å². The molecule has 1 aromatic heterocycles. The van der Waals surface area contributed by atoms with E-state index in [0.717, 1.165) is 28.8 Å². The number of aryl methyl sites for hydroxylation is 1. The number of hydrogen-bond donors (Lipinski definition) is 2. The van der Waals surface area contributed by atoms with Crippen molar-refractivity contribution in [3.63, 3.8) is 0 Å². The smallest absolute Gasteiger partial charge is 0.251 e. The Morgan fingerprint density at radius 1 is 1.15 bits per heavy atom. The molecule has 138 valence electrons. The number of rotatable bonds is 5. The molecular formula is C23H25N3O. The van der Waals surface area contributed by atoms with E-state index in [9.17, 15) is 4.79 Å². The maximum Gasteiger partial charge on any atom is 0.251 e. The first-order valence-corrected chi connectivity index (χ1v) is 9.72. The van der Waals surface area contributed by atoms with Gasteiger partial charge in [0, 0.05) is 17.7 Å². The largest absolute Gasteiger partial charge is 0.352 e. The summed E-state index contributed by atoms with van der Waals surface area (Å²) in [4.78, 5) is 20.4. The maximum atomic E-state index is 12.4. The summed E-state index contributed by atoms with van der Waals surface area (Å²) in [5.41, 5.74) is 6.33. The predicted molar refractivity (Wildman–Crippen MR) is 110 cm³/mol. The minimum atomic E-state index is -0.0156. The Kier molecular flexibility index (Phi) is 5.05. The highest BCUT2D eigenvalue weighted by Gasteiger charge is 2.09. The fourth-order valence-corrected chi connectivity index (χ4v) is 3.61. The number of hydrogen-bond acceptors (Lipinski definition) is 2. The Labute approximate surface area is 159 Å². The van der Waals surface area contributed by atoms with E-state index in [4.69, 9.17) is 0 Å². The van der Waals surface area contributed by atoms with Crippen LogP contribution >= 0.6 is 0 Å². The summed E-state index contributed by atoms with van der Waals surface area (Å²) in [6.45, 7) is 2.77. The maximum absolute atomic E-state index is 12.4. The predicted octanol–water partition coefficient (Wildman–Crippen LogP) is 5.16. The molecule has 2 aromatic carbocycles. The van der Waals surface area contributed by atoms with Gasteiger partial charge < -0.3 is 10.3 Å². The number of fused-ring (bicyclic) bond motifs is 1. The minimum Gasteiger partial charge on any atom is -0.352 e. The molecule has 0 radical (unpaired) electrons. The van der Waals surface area contributed by atoms with Crippen LogP contribution < -0.4 is 5.32 Å². The Balaban J connectivity index is 1.40. The molecule has 2 N–H and O–H groups in total. The molecular weight excluding hydrogens is 334 g/mol. The number of H-pyrrole nitrogens is 1. The lowest BCUT2D eigenvalue weighted by Gasteiger charge is -2.13. The summed E-state index contributed by atoms with van der Waals surface area (Å²) < 4.78 is 0. The third kappa shape index (κ3) is 4.11. The first-order valence-electron chi connectivity index (χ1n) is 9.72. The SMILES string of the molecule is Cc1ccc2nc(-c3ccc(C(=O)NCCC4=CCCCC4)cc3)[nH]c2c1. The number of benzene rings is 2. The number of carbonyl (C=O) groups is 1. The average Bonchev–Trinajstić information content (AvgIpc) is 3.12. The van der Waals surface area contributed by atoms with Gasteiger partial charge in [-0.2, -0.15) is 0 Å². The van der Waals surface area contributed by atoms with E-state index in [-0.39, 0.29) is 5.91 Å². The van der Waals surface area contributed by atoms with Crippen LogP contribution in [0.25, 0.3) is 22.4 Å². The number of amides is 1. The van der Waals surface area contributed by atoms with E-state index >= 15 is 0 Å². The van der Waals surface area contributed by atoms with Gasteiger partial charge in [-0.3, -0.25) is 4.79 Å². The van der Waals surface area contributed by atoms with Crippen LogP contribution in [-0.2, 0) is 0 Å². The second-order valence-corrected chi connectivity index (χ2v) is 7.30. The van der Waals surface area contributed by atoms with Crippen LogP contribution in [0, 0.1) is 6.92 Å². The first-order chi connectivity index (χ1) is 13.2. The molecule has 27 heavy (non-hydrogen) atoms. The van der Waals surface area contributed by atoms with Crippen molar-refractivity contribution >= 4 is 16.9 Å². The molecule has 1 heterocycles. The van der Waals surface area contributed by atoms with Crippen molar-refractivity contribution in [1.82, 2.24) is 15.3 Å². The van der Waals surface area contributed by atoms with Crippen molar-refractivity contribution in [1.29, 1.82) is 0 Å². The van der Waals surface area contributed by atoms with Crippen LogP contribution in [0.1, 0.15) is 48.0 Å². The molecule has 0 fully saturated rings. The van der Waals surface area contributed by atoms with E-state index < -0.39 is 0 Å². The minimum absolute atomic E-state index is 0.0156. The molecule has 0 bridgehead atoms. The second kappa shape index (κ2) is 7.78. The Morgan fingerprint density at radius 3 is 2.78 bits per heavy atom. The van der Waals surface area contributed by atoms with E-state index in [1.165, 1.54) is 36.8 Å². The van der Waals surface area contributed by atoms with Crippen molar-refractivity contribution in [2.75, 3.05) is 6.54 Å². The second-order valence-electron chi connectivity index (χ2n) is 7.30. The molecule has 0 aliphatic heterocycles. The molecule has 0 saturated heterocycles. The highest BCUT2D eigenvalue weighted by molar-refractivity contribution is 5.94. The van der Waals surface area contributed by atoms with Gasteiger partial charge in [-0.05, 0) is 68.9 Å². The molecule has 3 aromatic rings. The van der Waals surface area contributed by atoms with Gasteiger partial charge >= 0.3 is 0 Å². The molecule has 4 nitrogen and oxygen atoms in total. The van der Waals surface area contributed by atoms with Gasteiger partial charge in [-0.25, -0.2) is 4.98 Å². The van der Waals surface area contributed by atoms with E-state index in [1.54, 1.807) is 0 Å². The normalized spacial score (nSPS) is 14.2. The molecule has 1 aliphatic carbocycles. The molecule has 0 unspecified atom stereocenters. The lowest BCUT2D eigenvalue weighted by Crippen LogP contribution is -2.24. The summed E-state index contributed by atoms with van der Waals surface area (Å²) in [5, 5.41) is 3.03. The van der Waals surface area contributed by atoms with Gasteiger partial charge in [0.15, 0.2) is 0 Å². The standard InChI is InChI=1S/C23H25N3O/c1-16-7-12-20-21(15-16)26-22(25-20)18-8-10-19(11-9-18)23(27)24-14-13-17-5-3-2-4-6-17/h5,7-12,15H,2-4,6,13-14H2,1H3,(H,24,27)(H,25,26). The van der Waals surface area contributed by atoms with Crippen LogP contribution in [0.3, 0.4) is 0 Å². The van der Waals surface area contributed by atoms with Crippen molar-refractivity contribution in [3.8, 4) is 11.4 Å². The quantitative estimate of drug-likeness (QED) is 0.618. The van der Waals surface area contributed by atoms with Gasteiger partial charge in [0.1, 0.15) is 5.82 Å². The third-order valence-electron chi connectivity index (χ3n) is 5.17. The number of imidazole rings is 1. The summed E-state index contributed by atoms with van der Waals surface area (Å²) in [5.74, 6) is 0.810. The van der Waals surface area contributed by atoms with E-state index in [0.29, 0.717) is 12.1 Å². The Bertz CT molecular complexity index is 983. The van der Waals surface area contributed by atoms with Gasteiger partial charge in [0.05, 0.1) is 11.0 Å². The Morgan fingerprint density at radius 2 is 2.00 bits per heavy atom. The van der Waals surface area contributed by atoms with Crippen LogP contribution in [0.2, 0.25) is 0 Å². The molecule has 0 spiro atoms. The van der Waals surface area contributed by atoms with E-state index in [1.807, 2.05) is 30.3 Å². The number of allylic oxidation sites excluding steroid dienone is 1. The van der Waals surface area contributed by atoms with Crippen LogP contribution in [0.4, 0.5) is 0 Å². The zero-order valence-corrected chi connectivity index (χ0v) is 15.7. The molecule has 1 amide bonds. The fourth-order valence-electron chi connectivity index (χ4n) is 3.61. The topological polar surface area (TPSA) is 57.8 Å². The molecule has 4 rings (SSSR count). The number of aromatic nitrogens is 2. The molecule has 0 saturated carbocycles. The van der Waals surface area contributed by atoms with Gasteiger partial charge in [-0.1, -0.05) is 29.8 Å². The highest BCUT2D eigenvalue weighted by Crippen LogP contribution is 2.22. The highest BCUT2D eigenvalue weighted by atomic mass is 16.1.